The molecule has 8 rings (SSSR count). The maximum Gasteiger partial charge on any atom is 0.163 e. The van der Waals surface area contributed by atoms with Gasteiger partial charge in [0.25, 0.3) is 0 Å². The monoisotopic (exact) mass is 399 g/mol. The highest BCUT2D eigenvalue weighted by atomic mass is 16.3. The lowest BCUT2D eigenvalue weighted by Crippen LogP contribution is -1.92. The summed E-state index contributed by atoms with van der Waals surface area (Å²) in [5.41, 5.74) is 6.15. The number of pyridine rings is 2. The summed E-state index contributed by atoms with van der Waals surface area (Å²) in [5, 5.41) is 6.41. The summed E-state index contributed by atoms with van der Waals surface area (Å²) in [5.74, 6) is 0. The highest BCUT2D eigenvalue weighted by molar-refractivity contribution is 6.29. The normalized spacial score (nSPS) is 12.5. The van der Waals surface area contributed by atoms with Crippen molar-refractivity contribution in [2.24, 2.45) is 0 Å². The van der Waals surface area contributed by atoms with Crippen LogP contribution < -0.4 is 0 Å². The van der Waals surface area contributed by atoms with Crippen molar-refractivity contribution < 1.29 is 8.83 Å². The Kier molecular flexibility index (Phi) is 2.60. The minimum atomic E-state index is 0.814. The van der Waals surface area contributed by atoms with Crippen LogP contribution in [0.4, 0.5) is 0 Å². The second-order valence-electron chi connectivity index (χ2n) is 7.87. The Bertz CT molecular complexity index is 2010. The van der Waals surface area contributed by atoms with E-state index >= 15 is 0 Å². The summed E-state index contributed by atoms with van der Waals surface area (Å²) < 4.78 is 14.8. The van der Waals surface area contributed by atoms with E-state index < -0.39 is 0 Å². The third-order valence-corrected chi connectivity index (χ3v) is 6.31. The molecular formula is C26H13N3O2. The van der Waals surface area contributed by atoms with Crippen molar-refractivity contribution >= 4 is 71.3 Å². The Morgan fingerprint density at radius 3 is 2.42 bits per heavy atom. The van der Waals surface area contributed by atoms with Crippen molar-refractivity contribution in [3.05, 3.63) is 79.3 Å². The Balaban J connectivity index is 1.74. The van der Waals surface area contributed by atoms with Crippen molar-refractivity contribution in [2.45, 2.75) is 0 Å². The van der Waals surface area contributed by atoms with E-state index in [1.165, 1.54) is 0 Å². The van der Waals surface area contributed by atoms with E-state index in [-0.39, 0.29) is 0 Å². The predicted molar refractivity (Wildman–Crippen MR) is 123 cm³/mol. The van der Waals surface area contributed by atoms with Crippen LogP contribution in [0.5, 0.6) is 0 Å². The molecule has 0 saturated carbocycles. The van der Waals surface area contributed by atoms with Crippen molar-refractivity contribution in [1.82, 2.24) is 14.4 Å². The number of hydrogen-bond acceptors (Lipinski definition) is 4. The summed E-state index contributed by atoms with van der Waals surface area (Å²) in [6, 6.07) is 20.5. The van der Waals surface area contributed by atoms with Crippen LogP contribution in [0.25, 0.3) is 71.3 Å². The molecular weight excluding hydrogens is 386 g/mol. The lowest BCUT2D eigenvalue weighted by Gasteiger charge is -2.08. The van der Waals surface area contributed by atoms with Crippen LogP contribution in [0.1, 0.15) is 0 Å². The van der Waals surface area contributed by atoms with E-state index in [9.17, 15) is 0 Å². The summed E-state index contributed by atoms with van der Waals surface area (Å²) in [7, 11) is 0. The first-order valence-corrected chi connectivity index (χ1v) is 10.2. The summed E-state index contributed by atoms with van der Waals surface area (Å²) in [6.07, 6.45) is 5.62. The molecule has 0 atom stereocenters. The highest BCUT2D eigenvalue weighted by Crippen LogP contribution is 2.42. The van der Waals surface area contributed by atoms with Crippen molar-refractivity contribution in [1.29, 1.82) is 0 Å². The van der Waals surface area contributed by atoms with Gasteiger partial charge in [0.1, 0.15) is 27.8 Å². The molecule has 144 valence electrons. The van der Waals surface area contributed by atoms with E-state index in [1.54, 1.807) is 0 Å². The van der Waals surface area contributed by atoms with Crippen LogP contribution in [0, 0.1) is 0 Å². The molecule has 0 saturated heterocycles. The molecule has 5 nitrogen and oxygen atoms in total. The molecule has 8 aromatic rings. The highest BCUT2D eigenvalue weighted by Gasteiger charge is 2.20. The number of para-hydroxylation sites is 1. The molecule has 0 N–H and O–H groups in total. The second-order valence-corrected chi connectivity index (χ2v) is 7.87. The average Bonchev–Trinajstić information content (AvgIpc) is 3.53. The summed E-state index contributed by atoms with van der Waals surface area (Å²) in [4.78, 5) is 9.23. The van der Waals surface area contributed by atoms with Gasteiger partial charge >= 0.3 is 0 Å². The largest absolute Gasteiger partial charge is 0.456 e. The maximum absolute atomic E-state index is 6.36. The lowest BCUT2D eigenvalue weighted by atomic mass is 10.0. The van der Waals surface area contributed by atoms with E-state index in [4.69, 9.17) is 8.83 Å². The fraction of sp³-hybridized carbons (Fsp3) is 0. The number of imidazole rings is 1. The molecule has 3 aromatic carbocycles. The lowest BCUT2D eigenvalue weighted by molar-refractivity contribution is 0.663. The SMILES string of the molecule is c1ccc2c(c1)oc1c2ccc2oc3ccc4c5cccnc5c5nccn5c4c3c21. The third kappa shape index (κ3) is 1.78. The van der Waals surface area contributed by atoms with Crippen LogP contribution >= 0.6 is 0 Å². The molecule has 0 bridgehead atoms. The number of fused-ring (bicyclic) bond motifs is 14. The zero-order valence-electron chi connectivity index (χ0n) is 16.2. The number of benzene rings is 3. The smallest absolute Gasteiger partial charge is 0.163 e. The van der Waals surface area contributed by atoms with Gasteiger partial charge in [-0.15, -0.1) is 0 Å². The van der Waals surface area contributed by atoms with Gasteiger partial charge in [-0.05, 0) is 36.4 Å². The number of rotatable bonds is 0. The topological polar surface area (TPSA) is 56.5 Å². The fourth-order valence-corrected chi connectivity index (χ4v) is 5.04. The van der Waals surface area contributed by atoms with E-state index in [0.717, 1.165) is 71.3 Å². The Morgan fingerprint density at radius 2 is 1.45 bits per heavy atom. The Labute approximate surface area is 174 Å². The first-order chi connectivity index (χ1) is 15.4. The molecule has 0 aliphatic carbocycles. The van der Waals surface area contributed by atoms with Crippen molar-refractivity contribution in [3.63, 3.8) is 0 Å². The molecule has 5 aromatic heterocycles. The van der Waals surface area contributed by atoms with Gasteiger partial charge in [-0.25, -0.2) is 4.98 Å². The molecule has 0 aliphatic heterocycles. The number of furan rings is 2. The maximum atomic E-state index is 6.36. The molecule has 0 unspecified atom stereocenters. The van der Waals surface area contributed by atoms with Crippen molar-refractivity contribution in [2.75, 3.05) is 0 Å². The molecule has 0 spiro atoms. The van der Waals surface area contributed by atoms with Crippen molar-refractivity contribution in [3.8, 4) is 0 Å². The standard InChI is InChI=1S/C26H13N3O2/c1-2-6-18-14(4-1)17-8-10-20-22(25(17)31-18)21-19(30-20)9-7-16-15-5-3-11-27-23(15)26-28-12-13-29(26)24(16)21/h1-13H. The van der Waals surface area contributed by atoms with E-state index in [1.807, 2.05) is 55.0 Å². The van der Waals surface area contributed by atoms with Gasteiger partial charge in [-0.1, -0.05) is 24.3 Å². The van der Waals surface area contributed by atoms with Crippen LogP contribution in [-0.4, -0.2) is 14.4 Å². The third-order valence-electron chi connectivity index (χ3n) is 6.31. The Morgan fingerprint density at radius 1 is 0.613 bits per heavy atom. The minimum absolute atomic E-state index is 0.814. The van der Waals surface area contributed by atoms with Crippen LogP contribution in [0.3, 0.4) is 0 Å². The molecule has 5 heteroatoms. The molecule has 0 fully saturated rings. The van der Waals surface area contributed by atoms with Gasteiger partial charge in [0.05, 0.1) is 16.3 Å². The first-order valence-electron chi connectivity index (χ1n) is 10.2. The average molecular weight is 399 g/mol. The van der Waals surface area contributed by atoms with Gasteiger partial charge in [-0.3, -0.25) is 9.38 Å². The van der Waals surface area contributed by atoms with Gasteiger partial charge in [0.15, 0.2) is 5.65 Å². The predicted octanol–water partition coefficient (Wildman–Crippen LogP) is 6.83. The number of hydrogen-bond donors (Lipinski definition) is 0. The molecule has 0 amide bonds. The quantitative estimate of drug-likeness (QED) is 0.262. The molecule has 0 aliphatic rings. The fourth-order valence-electron chi connectivity index (χ4n) is 5.04. The van der Waals surface area contributed by atoms with E-state index in [0.29, 0.717) is 0 Å². The Hall–Kier alpha value is -4.38. The zero-order valence-corrected chi connectivity index (χ0v) is 16.2. The number of aromatic nitrogens is 3. The molecule has 5 heterocycles. The first kappa shape index (κ1) is 15.5. The minimum Gasteiger partial charge on any atom is -0.456 e. The molecule has 31 heavy (non-hydrogen) atoms. The second kappa shape index (κ2) is 5.21. The van der Waals surface area contributed by atoms with Crippen LogP contribution in [0.2, 0.25) is 0 Å². The van der Waals surface area contributed by atoms with Gasteiger partial charge in [0, 0.05) is 40.1 Å². The van der Waals surface area contributed by atoms with Crippen LogP contribution in [-0.2, 0) is 0 Å². The molecule has 0 radical (unpaired) electrons. The zero-order chi connectivity index (χ0) is 20.1. The van der Waals surface area contributed by atoms with E-state index in [2.05, 4.69) is 38.6 Å². The number of nitrogens with zero attached hydrogens (tertiary/aromatic N) is 3. The van der Waals surface area contributed by atoms with Crippen LogP contribution in [0.15, 0.2) is 88.1 Å². The summed E-state index contributed by atoms with van der Waals surface area (Å²) in [6.45, 7) is 0. The van der Waals surface area contributed by atoms with Gasteiger partial charge in [0.2, 0.25) is 0 Å². The summed E-state index contributed by atoms with van der Waals surface area (Å²) >= 11 is 0. The van der Waals surface area contributed by atoms with Gasteiger partial charge < -0.3 is 8.83 Å². The van der Waals surface area contributed by atoms with Gasteiger partial charge in [-0.2, -0.15) is 0 Å².